The quantitative estimate of drug-likeness (QED) is 0.197. The Hall–Kier alpha value is -4.33. The number of amides is 2. The number of hydrogen-bond donors (Lipinski definition) is 4. The molecule has 1 saturated heterocycles. The lowest BCUT2D eigenvalue weighted by atomic mass is 10.0. The van der Waals surface area contributed by atoms with Crippen LogP contribution in [0.2, 0.25) is 5.02 Å². The van der Waals surface area contributed by atoms with E-state index < -0.39 is 17.7 Å². The minimum atomic E-state index is -0.568. The number of piperazine rings is 1. The zero-order valence-corrected chi connectivity index (χ0v) is 25.5. The number of hydrogen-bond acceptors (Lipinski definition) is 9. The lowest BCUT2D eigenvalue weighted by Gasteiger charge is -2.32. The monoisotopic (exact) mass is 624 g/mol. The summed E-state index contributed by atoms with van der Waals surface area (Å²) in [5.74, 6) is -1.25. The summed E-state index contributed by atoms with van der Waals surface area (Å²) in [6.07, 6.45) is 2.79. The predicted octanol–water partition coefficient (Wildman–Crippen LogP) is 3.22. The highest BCUT2D eigenvalue weighted by molar-refractivity contribution is 6.35. The SMILES string of the molecule is CCOC(=O)c1c(CC(=O)NCCN2CCN(C)CC2)[nH]c(/C=C2\C(=O)Nc3ncnc(Nc4ccc(F)c(Cl)c4)c32)c1C. The Bertz CT molecular complexity index is 1620. The molecule has 2 aliphatic rings. The number of ether oxygens (including phenoxy) is 1. The van der Waals surface area contributed by atoms with Gasteiger partial charge >= 0.3 is 5.97 Å². The van der Waals surface area contributed by atoms with E-state index in [4.69, 9.17) is 16.3 Å². The zero-order valence-electron chi connectivity index (χ0n) is 24.7. The Balaban J connectivity index is 1.40. The second-order valence-electron chi connectivity index (χ2n) is 10.6. The fraction of sp³-hybridized carbons (Fsp3) is 0.367. The van der Waals surface area contributed by atoms with Gasteiger partial charge < -0.3 is 30.6 Å². The number of fused-ring (bicyclic) bond motifs is 1. The van der Waals surface area contributed by atoms with E-state index >= 15 is 0 Å². The van der Waals surface area contributed by atoms with Crippen LogP contribution in [0, 0.1) is 12.7 Å². The summed E-state index contributed by atoms with van der Waals surface area (Å²) in [6.45, 7) is 8.69. The van der Waals surface area contributed by atoms with Crippen LogP contribution in [0.4, 0.5) is 21.7 Å². The van der Waals surface area contributed by atoms with E-state index in [1.54, 1.807) is 19.9 Å². The number of nitrogens with zero attached hydrogens (tertiary/aromatic N) is 4. The number of aromatic nitrogens is 3. The fourth-order valence-corrected chi connectivity index (χ4v) is 5.38. The number of carbonyl (C=O) groups excluding carboxylic acids is 3. The van der Waals surface area contributed by atoms with Gasteiger partial charge in [-0.3, -0.25) is 14.5 Å². The van der Waals surface area contributed by atoms with Crippen molar-refractivity contribution in [1.82, 2.24) is 30.1 Å². The lowest BCUT2D eigenvalue weighted by molar-refractivity contribution is -0.120. The molecule has 3 aromatic rings. The van der Waals surface area contributed by atoms with Crippen LogP contribution >= 0.6 is 11.6 Å². The van der Waals surface area contributed by atoms with Gasteiger partial charge in [-0.2, -0.15) is 0 Å². The van der Waals surface area contributed by atoms with E-state index in [0.29, 0.717) is 34.7 Å². The summed E-state index contributed by atoms with van der Waals surface area (Å²) < 4.78 is 19.0. The first-order chi connectivity index (χ1) is 21.1. The van der Waals surface area contributed by atoms with Crippen LogP contribution in [-0.4, -0.2) is 95.5 Å². The number of anilines is 3. The third-order valence-electron chi connectivity index (χ3n) is 7.59. The third-order valence-corrected chi connectivity index (χ3v) is 7.88. The highest BCUT2D eigenvalue weighted by Crippen LogP contribution is 2.38. The summed E-state index contributed by atoms with van der Waals surface area (Å²) in [7, 11) is 2.09. The molecule has 4 heterocycles. The molecule has 1 fully saturated rings. The number of carbonyl (C=O) groups is 3. The van der Waals surface area contributed by atoms with Crippen molar-refractivity contribution in [2.75, 3.05) is 63.6 Å². The normalized spacial score (nSPS) is 16.1. The molecule has 0 bridgehead atoms. The standard InChI is InChI=1S/C30H34ClFN8O4/c1-4-44-30(43)25-17(2)22(37-23(25)15-24(41)33-7-8-40-11-9-39(3)10-12-40)14-19-26-27(34-16-35-28(26)38-29(19)42)36-18-5-6-21(32)20(31)13-18/h5-6,13-14,16,37H,4,7-12,15H2,1-3H3,(H,33,41)(H2,34,35,36,38,42)/b19-14-. The molecule has 1 aromatic carbocycles. The minimum Gasteiger partial charge on any atom is -0.462 e. The van der Waals surface area contributed by atoms with Crippen molar-refractivity contribution in [3.8, 4) is 0 Å². The Morgan fingerprint density at radius 1 is 1.20 bits per heavy atom. The van der Waals surface area contributed by atoms with Crippen LogP contribution in [0.15, 0.2) is 24.5 Å². The predicted molar refractivity (Wildman–Crippen MR) is 165 cm³/mol. The van der Waals surface area contributed by atoms with Crippen molar-refractivity contribution in [2.24, 2.45) is 0 Å². The molecule has 0 atom stereocenters. The fourth-order valence-electron chi connectivity index (χ4n) is 5.20. The van der Waals surface area contributed by atoms with Crippen LogP contribution in [0.25, 0.3) is 11.6 Å². The van der Waals surface area contributed by atoms with Gasteiger partial charge in [0.25, 0.3) is 5.91 Å². The smallest absolute Gasteiger partial charge is 0.340 e. The van der Waals surface area contributed by atoms with Crippen LogP contribution < -0.4 is 16.0 Å². The molecule has 12 nitrogen and oxygen atoms in total. The largest absolute Gasteiger partial charge is 0.462 e. The zero-order chi connectivity index (χ0) is 31.4. The number of rotatable bonds is 10. The average Bonchev–Trinajstić information content (AvgIpc) is 3.47. The Kier molecular flexibility index (Phi) is 9.57. The second-order valence-corrected chi connectivity index (χ2v) is 11.0. The number of benzene rings is 1. The molecule has 2 aromatic heterocycles. The topological polar surface area (TPSA) is 145 Å². The minimum absolute atomic E-state index is 0.0740. The summed E-state index contributed by atoms with van der Waals surface area (Å²) >= 11 is 5.94. The van der Waals surface area contributed by atoms with Gasteiger partial charge in [-0.25, -0.2) is 19.2 Å². The second kappa shape index (κ2) is 13.5. The van der Waals surface area contributed by atoms with Gasteiger partial charge in [0.2, 0.25) is 5.91 Å². The van der Waals surface area contributed by atoms with Crippen LogP contribution in [0.1, 0.15) is 39.8 Å². The Morgan fingerprint density at radius 3 is 2.70 bits per heavy atom. The van der Waals surface area contributed by atoms with Crippen molar-refractivity contribution < 1.29 is 23.5 Å². The maximum atomic E-state index is 13.7. The first-order valence-corrected chi connectivity index (χ1v) is 14.7. The van der Waals surface area contributed by atoms with Gasteiger partial charge in [0.15, 0.2) is 0 Å². The van der Waals surface area contributed by atoms with Crippen molar-refractivity contribution in [1.29, 1.82) is 0 Å². The number of H-pyrrole nitrogens is 1. The van der Waals surface area contributed by atoms with Crippen molar-refractivity contribution >= 4 is 58.4 Å². The molecule has 0 unspecified atom stereocenters. The highest BCUT2D eigenvalue weighted by atomic mass is 35.5. The number of nitrogens with one attached hydrogen (secondary N) is 4. The summed E-state index contributed by atoms with van der Waals surface area (Å²) in [5, 5.41) is 8.66. The van der Waals surface area contributed by atoms with Gasteiger partial charge in [0.05, 0.1) is 34.8 Å². The van der Waals surface area contributed by atoms with Gasteiger partial charge in [-0.1, -0.05) is 11.6 Å². The maximum absolute atomic E-state index is 13.7. The number of halogens is 2. The molecule has 4 N–H and O–H groups in total. The molecule has 0 spiro atoms. The molecule has 2 amide bonds. The van der Waals surface area contributed by atoms with Crippen LogP contribution in [0.5, 0.6) is 0 Å². The molecule has 14 heteroatoms. The van der Waals surface area contributed by atoms with Crippen molar-refractivity contribution in [3.63, 3.8) is 0 Å². The summed E-state index contributed by atoms with van der Waals surface area (Å²) in [5.41, 5.74) is 2.66. The van der Waals surface area contributed by atoms with Gasteiger partial charge in [0.1, 0.15) is 23.8 Å². The maximum Gasteiger partial charge on any atom is 0.340 e. The highest BCUT2D eigenvalue weighted by Gasteiger charge is 2.31. The van der Waals surface area contributed by atoms with Crippen LogP contribution in [-0.2, 0) is 20.7 Å². The van der Waals surface area contributed by atoms with Crippen molar-refractivity contribution in [2.45, 2.75) is 20.3 Å². The summed E-state index contributed by atoms with van der Waals surface area (Å²) in [6, 6.07) is 4.12. The van der Waals surface area contributed by atoms with E-state index in [-0.39, 0.29) is 46.7 Å². The molecule has 44 heavy (non-hydrogen) atoms. The van der Waals surface area contributed by atoms with Crippen molar-refractivity contribution in [3.05, 3.63) is 63.4 Å². The Morgan fingerprint density at radius 2 is 1.98 bits per heavy atom. The molecule has 2 aliphatic heterocycles. The van der Waals surface area contributed by atoms with Crippen LogP contribution in [0.3, 0.4) is 0 Å². The van der Waals surface area contributed by atoms with E-state index in [0.717, 1.165) is 32.7 Å². The van der Waals surface area contributed by atoms with Gasteiger partial charge in [-0.15, -0.1) is 0 Å². The molecule has 0 radical (unpaired) electrons. The van der Waals surface area contributed by atoms with E-state index in [1.807, 2.05) is 0 Å². The molecule has 0 saturated carbocycles. The molecular weight excluding hydrogens is 591 g/mol. The van der Waals surface area contributed by atoms with E-state index in [2.05, 4.69) is 47.7 Å². The third kappa shape index (κ3) is 6.90. The van der Waals surface area contributed by atoms with Gasteiger partial charge in [0, 0.05) is 56.3 Å². The van der Waals surface area contributed by atoms with E-state index in [9.17, 15) is 18.8 Å². The van der Waals surface area contributed by atoms with Gasteiger partial charge in [-0.05, 0) is 50.7 Å². The number of aromatic amines is 1. The Labute approximate surface area is 259 Å². The van der Waals surface area contributed by atoms with E-state index in [1.165, 1.54) is 24.5 Å². The first kappa shape index (κ1) is 31.1. The number of esters is 1. The number of likely N-dealkylation sites (N-methyl/N-ethyl adjacent to an activating group) is 1. The molecular formula is C30H34ClFN8O4. The molecule has 5 rings (SSSR count). The summed E-state index contributed by atoms with van der Waals surface area (Å²) in [4.78, 5) is 55.2. The molecule has 0 aliphatic carbocycles. The lowest BCUT2D eigenvalue weighted by Crippen LogP contribution is -2.47. The molecule has 232 valence electrons. The first-order valence-electron chi connectivity index (χ1n) is 14.3. The average molecular weight is 625 g/mol.